The summed E-state index contributed by atoms with van der Waals surface area (Å²) in [5.74, 6) is 0.847. The minimum atomic E-state index is -0.737. The zero-order chi connectivity index (χ0) is 11.2. The topological polar surface area (TPSA) is 37.3 Å². The van der Waals surface area contributed by atoms with E-state index in [-0.39, 0.29) is 5.92 Å². The van der Waals surface area contributed by atoms with Crippen molar-refractivity contribution in [3.63, 3.8) is 0 Å². The van der Waals surface area contributed by atoms with E-state index >= 15 is 0 Å². The Hall–Kier alpha value is -1.05. The molecule has 0 aromatic rings. The molecule has 82 valence electrons. The van der Waals surface area contributed by atoms with Crippen molar-refractivity contribution >= 4 is 5.97 Å². The van der Waals surface area contributed by atoms with Crippen LogP contribution in [-0.2, 0) is 4.79 Å². The fourth-order valence-corrected chi connectivity index (χ4v) is 2.90. The van der Waals surface area contributed by atoms with Gasteiger partial charge in [0.05, 0.1) is 0 Å². The van der Waals surface area contributed by atoms with Gasteiger partial charge in [-0.15, -0.1) is 0 Å². The Morgan fingerprint density at radius 1 is 1.47 bits per heavy atom. The molecule has 0 saturated heterocycles. The Labute approximate surface area is 90.7 Å². The maximum atomic E-state index is 11.1. The fraction of sp³-hybridized carbons (Fsp3) is 0.615. The highest BCUT2D eigenvalue weighted by molar-refractivity contribution is 5.88. The molecule has 3 atom stereocenters. The molecule has 0 aromatic heterocycles. The second kappa shape index (κ2) is 3.51. The van der Waals surface area contributed by atoms with Crippen molar-refractivity contribution in [1.29, 1.82) is 0 Å². The number of hydrogen-bond donors (Lipinski definition) is 1. The van der Waals surface area contributed by atoms with Gasteiger partial charge in [0, 0.05) is 11.5 Å². The molecule has 0 saturated carbocycles. The number of rotatable bonds is 2. The van der Waals surface area contributed by atoms with Crippen LogP contribution in [-0.4, -0.2) is 11.1 Å². The predicted molar refractivity (Wildman–Crippen MR) is 59.4 cm³/mol. The van der Waals surface area contributed by atoms with Crippen LogP contribution >= 0.6 is 0 Å². The number of aliphatic carboxylic acids is 1. The van der Waals surface area contributed by atoms with Crippen LogP contribution in [0.5, 0.6) is 0 Å². The summed E-state index contributed by atoms with van der Waals surface area (Å²) in [7, 11) is 0. The summed E-state index contributed by atoms with van der Waals surface area (Å²) < 4.78 is 0. The first-order valence-electron chi connectivity index (χ1n) is 5.64. The standard InChI is InChI=1S/C13H18O2/c1-7(2)10-5-9-6-12(13(14)15)11(10)4-8(9)3/h4,6-7,9-11H,5H2,1-3H3,(H,14,15)/t9-,10-,11+/m0/s1. The van der Waals surface area contributed by atoms with Gasteiger partial charge in [-0.25, -0.2) is 4.79 Å². The highest BCUT2D eigenvalue weighted by Crippen LogP contribution is 2.46. The number of allylic oxidation sites excluding steroid dienone is 3. The molecule has 15 heavy (non-hydrogen) atoms. The van der Waals surface area contributed by atoms with Crippen LogP contribution in [0.2, 0.25) is 0 Å². The quantitative estimate of drug-likeness (QED) is 0.705. The Balaban J connectivity index is 2.35. The molecular weight excluding hydrogens is 188 g/mol. The zero-order valence-corrected chi connectivity index (χ0v) is 9.53. The fourth-order valence-electron chi connectivity index (χ4n) is 2.90. The normalized spacial score (nSPS) is 34.0. The largest absolute Gasteiger partial charge is 0.478 e. The third-order valence-electron chi connectivity index (χ3n) is 3.86. The van der Waals surface area contributed by atoms with Gasteiger partial charge in [-0.05, 0) is 31.1 Å². The molecule has 0 aromatic carbocycles. The molecule has 0 heterocycles. The van der Waals surface area contributed by atoms with Crippen molar-refractivity contribution in [1.82, 2.24) is 0 Å². The number of hydrogen-bond acceptors (Lipinski definition) is 1. The van der Waals surface area contributed by atoms with Crippen LogP contribution in [0, 0.1) is 23.7 Å². The first-order chi connectivity index (χ1) is 7.00. The molecule has 0 aliphatic heterocycles. The second-order valence-electron chi connectivity index (χ2n) is 5.11. The summed E-state index contributed by atoms with van der Waals surface area (Å²) in [6.45, 7) is 6.49. The molecule has 0 spiro atoms. The predicted octanol–water partition coefficient (Wildman–Crippen LogP) is 2.87. The van der Waals surface area contributed by atoms with E-state index in [1.165, 1.54) is 5.57 Å². The number of carboxylic acid groups (broad SMARTS) is 1. The summed E-state index contributed by atoms with van der Waals surface area (Å²) in [6, 6.07) is 0. The van der Waals surface area contributed by atoms with Crippen LogP contribution < -0.4 is 0 Å². The van der Waals surface area contributed by atoms with E-state index in [0.29, 0.717) is 23.3 Å². The Morgan fingerprint density at radius 3 is 2.60 bits per heavy atom. The molecule has 2 bridgehead atoms. The first-order valence-corrected chi connectivity index (χ1v) is 5.64. The lowest BCUT2D eigenvalue weighted by atomic mass is 9.63. The van der Waals surface area contributed by atoms with Crippen molar-refractivity contribution in [3.05, 3.63) is 23.3 Å². The molecule has 3 rings (SSSR count). The average molecular weight is 206 g/mol. The maximum Gasteiger partial charge on any atom is 0.331 e. The van der Waals surface area contributed by atoms with Crippen molar-refractivity contribution < 1.29 is 9.90 Å². The zero-order valence-electron chi connectivity index (χ0n) is 9.53. The van der Waals surface area contributed by atoms with E-state index in [4.69, 9.17) is 5.11 Å². The van der Waals surface area contributed by atoms with Gasteiger partial charge in [0.15, 0.2) is 0 Å². The highest BCUT2D eigenvalue weighted by atomic mass is 16.4. The number of fused-ring (bicyclic) bond motifs is 1. The van der Waals surface area contributed by atoms with Gasteiger partial charge >= 0.3 is 5.97 Å². The van der Waals surface area contributed by atoms with Gasteiger partial charge in [-0.2, -0.15) is 0 Å². The Morgan fingerprint density at radius 2 is 2.13 bits per heavy atom. The molecular formula is C13H18O2. The van der Waals surface area contributed by atoms with Gasteiger partial charge < -0.3 is 5.11 Å². The monoisotopic (exact) mass is 206 g/mol. The Kier molecular flexibility index (Phi) is 2.45. The molecule has 3 aliphatic rings. The van der Waals surface area contributed by atoms with Crippen molar-refractivity contribution in [3.8, 4) is 0 Å². The van der Waals surface area contributed by atoms with Gasteiger partial charge in [-0.3, -0.25) is 0 Å². The van der Waals surface area contributed by atoms with Crippen LogP contribution in [0.25, 0.3) is 0 Å². The molecule has 3 aliphatic carbocycles. The molecule has 0 amide bonds. The van der Waals surface area contributed by atoms with Gasteiger partial charge in [-0.1, -0.05) is 31.6 Å². The van der Waals surface area contributed by atoms with E-state index < -0.39 is 5.97 Å². The van der Waals surface area contributed by atoms with Crippen LogP contribution in [0.3, 0.4) is 0 Å². The number of carbonyl (C=O) groups is 1. The van der Waals surface area contributed by atoms with Crippen molar-refractivity contribution in [2.45, 2.75) is 27.2 Å². The average Bonchev–Trinajstić information content (AvgIpc) is 2.17. The van der Waals surface area contributed by atoms with Gasteiger partial charge in [0.25, 0.3) is 0 Å². The summed E-state index contributed by atoms with van der Waals surface area (Å²) in [5, 5.41) is 9.15. The van der Waals surface area contributed by atoms with Crippen molar-refractivity contribution in [2.24, 2.45) is 23.7 Å². The number of carboxylic acids is 1. The summed E-state index contributed by atoms with van der Waals surface area (Å²) in [5.41, 5.74) is 1.97. The van der Waals surface area contributed by atoms with E-state index in [0.717, 1.165) is 6.42 Å². The minimum absolute atomic E-state index is 0.146. The van der Waals surface area contributed by atoms with Gasteiger partial charge in [0.2, 0.25) is 0 Å². The summed E-state index contributed by atoms with van der Waals surface area (Å²) in [6.07, 6.45) is 5.25. The van der Waals surface area contributed by atoms with Crippen LogP contribution in [0.4, 0.5) is 0 Å². The second-order valence-corrected chi connectivity index (χ2v) is 5.11. The summed E-state index contributed by atoms with van der Waals surface area (Å²) in [4.78, 5) is 11.1. The first kappa shape index (κ1) is 10.5. The molecule has 0 unspecified atom stereocenters. The maximum absolute atomic E-state index is 11.1. The highest BCUT2D eigenvalue weighted by Gasteiger charge is 2.39. The molecule has 2 nitrogen and oxygen atoms in total. The molecule has 0 fully saturated rings. The van der Waals surface area contributed by atoms with Crippen LogP contribution in [0.1, 0.15) is 27.2 Å². The third kappa shape index (κ3) is 1.62. The third-order valence-corrected chi connectivity index (χ3v) is 3.86. The smallest absolute Gasteiger partial charge is 0.331 e. The lowest BCUT2D eigenvalue weighted by Gasteiger charge is -2.41. The van der Waals surface area contributed by atoms with E-state index in [9.17, 15) is 4.79 Å². The SMILES string of the molecule is CC1=C[C@H]2C(C(=O)O)=C[C@@H]1C[C@H]2C(C)C. The van der Waals surface area contributed by atoms with E-state index in [1.54, 1.807) is 0 Å². The van der Waals surface area contributed by atoms with E-state index in [2.05, 4.69) is 26.8 Å². The minimum Gasteiger partial charge on any atom is -0.478 e. The lowest BCUT2D eigenvalue weighted by Crippen LogP contribution is -2.34. The van der Waals surface area contributed by atoms with Crippen LogP contribution in [0.15, 0.2) is 23.3 Å². The Bertz CT molecular complexity index is 350. The van der Waals surface area contributed by atoms with Gasteiger partial charge in [0.1, 0.15) is 0 Å². The summed E-state index contributed by atoms with van der Waals surface area (Å²) >= 11 is 0. The molecule has 2 heteroatoms. The van der Waals surface area contributed by atoms with Crippen molar-refractivity contribution in [2.75, 3.05) is 0 Å². The lowest BCUT2D eigenvalue weighted by molar-refractivity contribution is -0.133. The van der Waals surface area contributed by atoms with E-state index in [1.807, 2.05) is 6.08 Å². The molecule has 1 N–H and O–H groups in total. The molecule has 0 radical (unpaired) electrons.